The third kappa shape index (κ3) is 0.681. The highest BCUT2D eigenvalue weighted by molar-refractivity contribution is 5.78. The maximum Gasteiger partial charge on any atom is 0.221 e. The van der Waals surface area contributed by atoms with Gasteiger partial charge in [-0.25, -0.2) is 0 Å². The average molecular weight is 137 g/mol. The zero-order valence-corrected chi connectivity index (χ0v) is 5.79. The van der Waals surface area contributed by atoms with Crippen molar-refractivity contribution in [2.24, 2.45) is 23.5 Å². The van der Waals surface area contributed by atoms with Gasteiger partial charge < -0.3 is 5.73 Å². The second-order valence-corrected chi connectivity index (χ2v) is 3.29. The molecule has 2 nitrogen and oxygen atoms in total. The molecule has 0 aliphatic heterocycles. The van der Waals surface area contributed by atoms with Crippen LogP contribution in [0.2, 0.25) is 0 Å². The fraction of sp³-hybridized carbons (Fsp3) is 0.625. The number of hydrogen-bond acceptors (Lipinski definition) is 1. The lowest BCUT2D eigenvalue weighted by Gasteiger charge is -2.12. The minimum atomic E-state index is -0.114. The summed E-state index contributed by atoms with van der Waals surface area (Å²) in [7, 11) is 0. The van der Waals surface area contributed by atoms with E-state index in [0.717, 1.165) is 12.8 Å². The van der Waals surface area contributed by atoms with Crippen LogP contribution in [0, 0.1) is 17.8 Å². The first-order chi connectivity index (χ1) is 4.77. The van der Waals surface area contributed by atoms with Crippen molar-refractivity contribution in [1.29, 1.82) is 0 Å². The molecule has 0 aromatic rings. The number of fused-ring (bicyclic) bond motifs is 2. The van der Waals surface area contributed by atoms with Crippen LogP contribution in [0.15, 0.2) is 12.2 Å². The van der Waals surface area contributed by atoms with Gasteiger partial charge in [-0.3, -0.25) is 4.79 Å². The van der Waals surface area contributed by atoms with E-state index in [1.807, 2.05) is 0 Å². The van der Waals surface area contributed by atoms with Crippen molar-refractivity contribution in [1.82, 2.24) is 0 Å². The van der Waals surface area contributed by atoms with Crippen LogP contribution in [0.1, 0.15) is 12.8 Å². The Balaban J connectivity index is 2.16. The molecule has 2 N–H and O–H groups in total. The molecule has 1 saturated carbocycles. The molecule has 0 saturated heterocycles. The van der Waals surface area contributed by atoms with Gasteiger partial charge in [0, 0.05) is 5.92 Å². The molecule has 2 heteroatoms. The predicted molar refractivity (Wildman–Crippen MR) is 38.0 cm³/mol. The van der Waals surface area contributed by atoms with Gasteiger partial charge in [-0.15, -0.1) is 0 Å². The van der Waals surface area contributed by atoms with Gasteiger partial charge in [0.25, 0.3) is 0 Å². The van der Waals surface area contributed by atoms with Crippen LogP contribution in [0.5, 0.6) is 0 Å². The van der Waals surface area contributed by atoms with Crippen molar-refractivity contribution in [3.05, 3.63) is 12.2 Å². The zero-order valence-electron chi connectivity index (χ0n) is 5.79. The fourth-order valence-corrected chi connectivity index (χ4v) is 2.11. The van der Waals surface area contributed by atoms with Crippen molar-refractivity contribution in [3.63, 3.8) is 0 Å². The number of hydrogen-bond donors (Lipinski definition) is 1. The Bertz CT molecular complexity index is 197. The Morgan fingerprint density at radius 1 is 1.40 bits per heavy atom. The molecule has 0 radical (unpaired) electrons. The van der Waals surface area contributed by atoms with Gasteiger partial charge in [-0.05, 0) is 24.7 Å². The SMILES string of the molecule is NC(=O)[C@@H]1CC2C=CC1C2. The maximum atomic E-state index is 10.8. The summed E-state index contributed by atoms with van der Waals surface area (Å²) >= 11 is 0. The van der Waals surface area contributed by atoms with E-state index in [-0.39, 0.29) is 11.8 Å². The number of carbonyl (C=O) groups is 1. The molecule has 0 heterocycles. The highest BCUT2D eigenvalue weighted by Gasteiger charge is 2.38. The minimum absolute atomic E-state index is 0.114. The van der Waals surface area contributed by atoms with Gasteiger partial charge >= 0.3 is 0 Å². The molecular formula is C8H11NO. The second-order valence-electron chi connectivity index (χ2n) is 3.29. The first-order valence-corrected chi connectivity index (χ1v) is 3.75. The van der Waals surface area contributed by atoms with E-state index in [0.29, 0.717) is 11.8 Å². The zero-order chi connectivity index (χ0) is 7.14. The van der Waals surface area contributed by atoms with Crippen molar-refractivity contribution >= 4 is 5.91 Å². The first kappa shape index (κ1) is 5.96. The van der Waals surface area contributed by atoms with Gasteiger partial charge in [0.15, 0.2) is 0 Å². The maximum absolute atomic E-state index is 10.8. The van der Waals surface area contributed by atoms with Crippen LogP contribution in [-0.4, -0.2) is 5.91 Å². The lowest BCUT2D eigenvalue weighted by molar-refractivity contribution is -0.122. The van der Waals surface area contributed by atoms with Crippen LogP contribution < -0.4 is 5.73 Å². The first-order valence-electron chi connectivity index (χ1n) is 3.75. The average Bonchev–Trinajstić information content (AvgIpc) is 2.44. The molecule has 2 aliphatic carbocycles. The predicted octanol–water partition coefficient (Wildman–Crippen LogP) is 0.684. The lowest BCUT2D eigenvalue weighted by atomic mass is 9.93. The van der Waals surface area contributed by atoms with Crippen molar-refractivity contribution in [2.75, 3.05) is 0 Å². The molecule has 2 bridgehead atoms. The fourth-order valence-electron chi connectivity index (χ4n) is 2.11. The summed E-state index contributed by atoms with van der Waals surface area (Å²) in [5, 5.41) is 0. The van der Waals surface area contributed by atoms with E-state index < -0.39 is 0 Å². The molecule has 0 aromatic heterocycles. The molecule has 0 spiro atoms. The number of primary amides is 1. The van der Waals surface area contributed by atoms with Crippen molar-refractivity contribution in [3.8, 4) is 0 Å². The van der Waals surface area contributed by atoms with E-state index in [1.165, 1.54) is 0 Å². The van der Waals surface area contributed by atoms with Gasteiger partial charge in [-0.2, -0.15) is 0 Å². The van der Waals surface area contributed by atoms with E-state index in [1.54, 1.807) is 0 Å². The van der Waals surface area contributed by atoms with Crippen LogP contribution in [0.3, 0.4) is 0 Å². The number of carbonyl (C=O) groups excluding carboxylic acids is 1. The van der Waals surface area contributed by atoms with Gasteiger partial charge in [0.05, 0.1) is 0 Å². The Morgan fingerprint density at radius 3 is 2.50 bits per heavy atom. The van der Waals surface area contributed by atoms with Crippen LogP contribution >= 0.6 is 0 Å². The van der Waals surface area contributed by atoms with E-state index in [4.69, 9.17) is 5.73 Å². The standard InChI is InChI=1S/C8H11NO/c9-8(10)7-4-5-1-2-6(7)3-5/h1-2,5-7H,3-4H2,(H2,9,10)/t5?,6?,7-/m1/s1. The Labute approximate surface area is 60.1 Å². The molecule has 1 amide bonds. The lowest BCUT2D eigenvalue weighted by Crippen LogP contribution is -2.26. The number of amides is 1. The summed E-state index contributed by atoms with van der Waals surface area (Å²) in [4.78, 5) is 10.8. The van der Waals surface area contributed by atoms with E-state index in [9.17, 15) is 4.79 Å². The summed E-state index contributed by atoms with van der Waals surface area (Å²) in [6.07, 6.45) is 6.51. The number of rotatable bonds is 1. The third-order valence-electron chi connectivity index (χ3n) is 2.64. The van der Waals surface area contributed by atoms with E-state index >= 15 is 0 Å². The quantitative estimate of drug-likeness (QED) is 0.531. The van der Waals surface area contributed by atoms with Gasteiger partial charge in [0.2, 0.25) is 5.91 Å². The van der Waals surface area contributed by atoms with Crippen LogP contribution in [0.4, 0.5) is 0 Å². The molecule has 3 atom stereocenters. The molecule has 2 unspecified atom stereocenters. The molecule has 1 fully saturated rings. The van der Waals surface area contributed by atoms with Gasteiger partial charge in [0.1, 0.15) is 0 Å². The summed E-state index contributed by atoms with van der Waals surface area (Å²) in [6.45, 7) is 0. The summed E-state index contributed by atoms with van der Waals surface area (Å²) in [5.41, 5.74) is 5.21. The third-order valence-corrected chi connectivity index (χ3v) is 2.64. The number of nitrogens with two attached hydrogens (primary N) is 1. The van der Waals surface area contributed by atoms with E-state index in [2.05, 4.69) is 12.2 Å². The highest BCUT2D eigenvalue weighted by Crippen LogP contribution is 2.42. The summed E-state index contributed by atoms with van der Waals surface area (Å²) < 4.78 is 0. The molecule has 54 valence electrons. The monoisotopic (exact) mass is 137 g/mol. The summed E-state index contributed by atoms with van der Waals surface area (Å²) in [5.74, 6) is 1.16. The van der Waals surface area contributed by atoms with Crippen LogP contribution in [0.25, 0.3) is 0 Å². The normalized spacial score (nSPS) is 42.6. The largest absolute Gasteiger partial charge is 0.369 e. The topological polar surface area (TPSA) is 43.1 Å². The second kappa shape index (κ2) is 1.84. The van der Waals surface area contributed by atoms with Crippen molar-refractivity contribution in [2.45, 2.75) is 12.8 Å². The summed E-state index contributed by atoms with van der Waals surface area (Å²) in [6, 6.07) is 0. The minimum Gasteiger partial charge on any atom is -0.369 e. The Morgan fingerprint density at radius 2 is 2.20 bits per heavy atom. The molecule has 2 rings (SSSR count). The highest BCUT2D eigenvalue weighted by atomic mass is 16.1. The van der Waals surface area contributed by atoms with Crippen LogP contribution in [-0.2, 0) is 4.79 Å². The Kier molecular flexibility index (Phi) is 1.10. The molecule has 0 aromatic carbocycles. The molecule has 2 aliphatic rings. The molecule has 10 heavy (non-hydrogen) atoms. The van der Waals surface area contributed by atoms with Gasteiger partial charge in [-0.1, -0.05) is 12.2 Å². The molecular weight excluding hydrogens is 126 g/mol. The van der Waals surface area contributed by atoms with Crippen molar-refractivity contribution < 1.29 is 4.79 Å². The Hall–Kier alpha value is -0.790. The number of allylic oxidation sites excluding steroid dienone is 2. The smallest absolute Gasteiger partial charge is 0.221 e.